The van der Waals surface area contributed by atoms with E-state index in [0.717, 1.165) is 17.1 Å². The van der Waals surface area contributed by atoms with Gasteiger partial charge in [-0.3, -0.25) is 4.79 Å². The number of hydrogen-bond acceptors (Lipinski definition) is 5. The van der Waals surface area contributed by atoms with E-state index in [1.54, 1.807) is 13.0 Å². The second-order valence-electron chi connectivity index (χ2n) is 6.03. The molecule has 0 bridgehead atoms. The molecule has 0 saturated carbocycles. The Balaban J connectivity index is 2.70. The van der Waals surface area contributed by atoms with Crippen LogP contribution in [-0.2, 0) is 14.8 Å². The lowest BCUT2D eigenvalue weighted by Crippen LogP contribution is -2.29. The summed E-state index contributed by atoms with van der Waals surface area (Å²) in [5, 5.41) is 5.19. The van der Waals surface area contributed by atoms with E-state index in [2.05, 4.69) is 10.6 Å². The smallest absolute Gasteiger partial charge is 0.312 e. The van der Waals surface area contributed by atoms with Crippen LogP contribution in [0.2, 0.25) is 0 Å². The fraction of sp³-hybridized carbons (Fsp3) is 0.529. The number of nitrogens with one attached hydrogen (secondary N) is 2. The van der Waals surface area contributed by atoms with Crippen LogP contribution in [0.25, 0.3) is 0 Å². The number of urea groups is 1. The van der Waals surface area contributed by atoms with Crippen LogP contribution < -0.4 is 21.1 Å². The first-order chi connectivity index (χ1) is 12.7. The lowest BCUT2D eigenvalue weighted by atomic mass is 10.2. The third kappa shape index (κ3) is 7.43. The predicted molar refractivity (Wildman–Crippen MR) is 103 cm³/mol. The van der Waals surface area contributed by atoms with Gasteiger partial charge in [0.25, 0.3) is 0 Å². The minimum Gasteiger partial charge on any atom is -0.492 e. The first-order valence-corrected chi connectivity index (χ1v) is 10.1. The van der Waals surface area contributed by atoms with Crippen LogP contribution in [0.1, 0.15) is 32.6 Å². The third-order valence-electron chi connectivity index (χ3n) is 3.67. The molecule has 1 aromatic rings. The molecule has 0 fully saturated rings. The van der Waals surface area contributed by atoms with Crippen LogP contribution in [-0.4, -0.2) is 51.9 Å². The number of nitrogens with two attached hydrogens (primary N) is 1. The lowest BCUT2D eigenvalue weighted by molar-refractivity contribution is -0.116. The van der Waals surface area contributed by atoms with E-state index < -0.39 is 16.1 Å². The molecular formula is C17H28N4O5S. The number of sulfonamides is 1. The summed E-state index contributed by atoms with van der Waals surface area (Å²) in [6.07, 6.45) is 2.42. The topological polar surface area (TPSA) is 131 Å². The number of anilines is 1. The van der Waals surface area contributed by atoms with Crippen molar-refractivity contribution in [1.29, 1.82) is 0 Å². The molecule has 27 heavy (non-hydrogen) atoms. The van der Waals surface area contributed by atoms with Gasteiger partial charge in [-0.1, -0.05) is 6.42 Å². The number of nitrogens with zero attached hydrogens (tertiary/aromatic N) is 1. The molecule has 152 valence electrons. The molecule has 0 atom stereocenters. The van der Waals surface area contributed by atoms with Crippen LogP contribution in [0.4, 0.5) is 10.5 Å². The van der Waals surface area contributed by atoms with Crippen molar-refractivity contribution in [3.05, 3.63) is 18.2 Å². The molecule has 0 saturated heterocycles. The molecule has 10 heteroatoms. The van der Waals surface area contributed by atoms with Gasteiger partial charge < -0.3 is 21.1 Å². The number of benzene rings is 1. The largest absolute Gasteiger partial charge is 0.492 e. The summed E-state index contributed by atoms with van der Waals surface area (Å²) in [7, 11) is -0.842. The van der Waals surface area contributed by atoms with Crippen LogP contribution in [0.3, 0.4) is 0 Å². The maximum Gasteiger partial charge on any atom is 0.312 e. The molecule has 4 N–H and O–H groups in total. The number of amides is 3. The second kappa shape index (κ2) is 10.7. The average molecular weight is 401 g/mol. The fourth-order valence-electron chi connectivity index (χ4n) is 2.28. The van der Waals surface area contributed by atoms with Crippen molar-refractivity contribution in [2.45, 2.75) is 37.5 Å². The quantitative estimate of drug-likeness (QED) is 0.485. The molecule has 9 nitrogen and oxygen atoms in total. The van der Waals surface area contributed by atoms with Crippen molar-refractivity contribution >= 4 is 27.6 Å². The average Bonchev–Trinajstić information content (AvgIpc) is 2.59. The molecule has 0 radical (unpaired) electrons. The van der Waals surface area contributed by atoms with Gasteiger partial charge in [-0.05, 0) is 38.0 Å². The van der Waals surface area contributed by atoms with Crippen LogP contribution in [0.15, 0.2) is 23.1 Å². The van der Waals surface area contributed by atoms with Crippen molar-refractivity contribution in [1.82, 2.24) is 9.62 Å². The second-order valence-corrected chi connectivity index (χ2v) is 8.15. The first kappa shape index (κ1) is 22.7. The van der Waals surface area contributed by atoms with Gasteiger partial charge in [0.2, 0.25) is 15.9 Å². The highest BCUT2D eigenvalue weighted by molar-refractivity contribution is 7.89. The molecule has 0 heterocycles. The Hall–Kier alpha value is -2.33. The van der Waals surface area contributed by atoms with E-state index >= 15 is 0 Å². The maximum atomic E-state index is 12.5. The predicted octanol–water partition coefficient (Wildman–Crippen LogP) is 1.50. The highest BCUT2D eigenvalue weighted by Gasteiger charge is 2.23. The zero-order chi connectivity index (χ0) is 20.4. The lowest BCUT2D eigenvalue weighted by Gasteiger charge is -2.16. The number of primary amides is 1. The van der Waals surface area contributed by atoms with Gasteiger partial charge >= 0.3 is 6.03 Å². The van der Waals surface area contributed by atoms with Crippen molar-refractivity contribution in [3.63, 3.8) is 0 Å². The Morgan fingerprint density at radius 2 is 1.89 bits per heavy atom. The monoisotopic (exact) mass is 400 g/mol. The van der Waals surface area contributed by atoms with Crippen LogP contribution >= 0.6 is 0 Å². The highest BCUT2D eigenvalue weighted by Crippen LogP contribution is 2.29. The summed E-state index contributed by atoms with van der Waals surface area (Å²) < 4.78 is 31.4. The molecule has 0 spiro atoms. The van der Waals surface area contributed by atoms with Crippen molar-refractivity contribution in [2.24, 2.45) is 5.73 Å². The summed E-state index contributed by atoms with van der Waals surface area (Å²) in [4.78, 5) is 22.6. The molecule has 0 aromatic heterocycles. The first-order valence-electron chi connectivity index (χ1n) is 8.71. The standard InChI is InChI=1S/C17H28N4O5S/c1-4-26-14-10-9-13(12-15(14)27(24,25)21(2)3)20-16(22)8-6-5-7-11-19-17(18)23/h9-10,12H,4-8,11H2,1-3H3,(H,20,22)(H3,18,19,23). The number of rotatable bonds is 11. The Bertz CT molecular complexity index is 750. The van der Waals surface area contributed by atoms with E-state index in [1.807, 2.05) is 0 Å². The highest BCUT2D eigenvalue weighted by atomic mass is 32.2. The SMILES string of the molecule is CCOc1ccc(NC(=O)CCCCCNC(N)=O)cc1S(=O)(=O)N(C)C. The minimum atomic E-state index is -3.71. The van der Waals surface area contributed by atoms with Gasteiger partial charge in [0.05, 0.1) is 6.61 Å². The zero-order valence-corrected chi connectivity index (χ0v) is 16.8. The summed E-state index contributed by atoms with van der Waals surface area (Å²) >= 11 is 0. The summed E-state index contributed by atoms with van der Waals surface area (Å²) in [6, 6.07) is 3.97. The van der Waals surface area contributed by atoms with Gasteiger partial charge in [0.1, 0.15) is 10.6 Å². The Morgan fingerprint density at radius 3 is 2.48 bits per heavy atom. The van der Waals surface area contributed by atoms with E-state index in [0.29, 0.717) is 31.7 Å². The van der Waals surface area contributed by atoms with Crippen molar-refractivity contribution in [2.75, 3.05) is 32.6 Å². The van der Waals surface area contributed by atoms with E-state index in [1.165, 1.54) is 26.2 Å². The molecule has 3 amide bonds. The van der Waals surface area contributed by atoms with Crippen LogP contribution in [0.5, 0.6) is 5.75 Å². The number of ether oxygens (including phenoxy) is 1. The molecule has 0 unspecified atom stereocenters. The van der Waals surface area contributed by atoms with Gasteiger partial charge in [-0.2, -0.15) is 0 Å². The van der Waals surface area contributed by atoms with Gasteiger partial charge in [-0.15, -0.1) is 0 Å². The zero-order valence-electron chi connectivity index (χ0n) is 15.9. The normalized spacial score (nSPS) is 11.3. The minimum absolute atomic E-state index is 0.00433. The van der Waals surface area contributed by atoms with Gasteiger partial charge in [0, 0.05) is 32.7 Å². The summed E-state index contributed by atoms with van der Waals surface area (Å²) in [5.41, 5.74) is 5.35. The maximum absolute atomic E-state index is 12.5. The molecule has 1 aromatic carbocycles. The van der Waals surface area contributed by atoms with Gasteiger partial charge in [-0.25, -0.2) is 17.5 Å². The fourth-order valence-corrected chi connectivity index (χ4v) is 3.33. The molecule has 1 rings (SSSR count). The van der Waals surface area contributed by atoms with Crippen molar-refractivity contribution in [3.8, 4) is 5.75 Å². The van der Waals surface area contributed by atoms with E-state index in [4.69, 9.17) is 10.5 Å². The van der Waals surface area contributed by atoms with Crippen molar-refractivity contribution < 1.29 is 22.7 Å². The Labute approximate surface area is 160 Å². The number of hydrogen-bond donors (Lipinski definition) is 3. The van der Waals surface area contributed by atoms with Crippen LogP contribution in [0, 0.1) is 0 Å². The van der Waals surface area contributed by atoms with E-state index in [-0.39, 0.29) is 16.6 Å². The number of unbranched alkanes of at least 4 members (excludes halogenated alkanes) is 2. The summed E-state index contributed by atoms with van der Waals surface area (Å²) in [5.74, 6) is 0.0290. The van der Waals surface area contributed by atoms with Gasteiger partial charge in [0.15, 0.2) is 0 Å². The Kier molecular flexibility index (Phi) is 9.03. The third-order valence-corrected chi connectivity index (χ3v) is 5.50. The number of carbonyl (C=O) groups excluding carboxylic acids is 2. The molecule has 0 aliphatic heterocycles. The summed E-state index contributed by atoms with van der Waals surface area (Å²) in [6.45, 7) is 2.56. The Morgan fingerprint density at radius 1 is 1.19 bits per heavy atom. The molecular weight excluding hydrogens is 372 g/mol. The molecule has 0 aliphatic carbocycles. The number of carbonyl (C=O) groups is 2. The molecule has 0 aliphatic rings. The van der Waals surface area contributed by atoms with E-state index in [9.17, 15) is 18.0 Å².